The Hall–Kier alpha value is -3.31. The van der Waals surface area contributed by atoms with Gasteiger partial charge in [0.2, 0.25) is 0 Å². The molecule has 0 saturated carbocycles. The number of rotatable bonds is 8. The smallest absolute Gasteiger partial charge is 0.257 e. The van der Waals surface area contributed by atoms with Crippen molar-refractivity contribution in [1.29, 1.82) is 0 Å². The summed E-state index contributed by atoms with van der Waals surface area (Å²) in [5, 5.41) is 11.7. The molecule has 5 aromatic rings. The molecular weight excluding hydrogens is 608 g/mol. The van der Waals surface area contributed by atoms with Gasteiger partial charge in [-0.3, -0.25) is 14.8 Å². The van der Waals surface area contributed by atoms with Crippen LogP contribution in [0.1, 0.15) is 48.2 Å². The Labute approximate surface area is 262 Å². The lowest BCUT2D eigenvalue weighted by atomic mass is 9.88. The number of nitrogens with one attached hydrogen (secondary N) is 1. The van der Waals surface area contributed by atoms with Crippen LogP contribution in [0.25, 0.3) is 22.0 Å². The molecule has 1 fully saturated rings. The molecule has 7 rings (SSSR count). The molecule has 12 heteroatoms. The number of benzene rings is 2. The van der Waals surface area contributed by atoms with Crippen LogP contribution in [0.4, 0.5) is 9.52 Å². The van der Waals surface area contributed by atoms with E-state index in [1.807, 2.05) is 11.4 Å². The fourth-order valence-electron chi connectivity index (χ4n) is 6.37. The zero-order chi connectivity index (χ0) is 29.5. The van der Waals surface area contributed by atoms with Crippen molar-refractivity contribution in [2.45, 2.75) is 44.2 Å². The molecule has 5 heterocycles. The average Bonchev–Trinajstić information content (AvgIpc) is 3.83. The molecule has 0 aliphatic carbocycles. The van der Waals surface area contributed by atoms with E-state index in [4.69, 9.17) is 28.3 Å². The molecule has 1 amide bonds. The molecule has 222 valence electrons. The van der Waals surface area contributed by atoms with Gasteiger partial charge in [-0.1, -0.05) is 47.5 Å². The van der Waals surface area contributed by atoms with Crippen molar-refractivity contribution < 1.29 is 9.18 Å². The minimum atomic E-state index is -0.822. The number of likely N-dealkylation sites (tertiary alicyclic amines) is 1. The zero-order valence-electron chi connectivity index (χ0n) is 23.3. The standard InChI is InChI=1S/C31H30Cl2FN7OS/c32-24-16-22(21-5-3-19(4-6-21)20-7-12-39(13-8-20)14-9-34)26(33)27-23(24)17-41(38-27)29(30(42)37-31-35-10-15-43-31)28-25-2-1-11-40(25)18-36-28/h3-6,10,15-18,20,29H,1-2,7-9,11-14H2,(H,35,37,42). The van der Waals surface area contributed by atoms with Crippen LogP contribution < -0.4 is 5.32 Å². The van der Waals surface area contributed by atoms with Gasteiger partial charge in [-0.2, -0.15) is 5.10 Å². The molecule has 2 aromatic carbocycles. The first-order valence-electron chi connectivity index (χ1n) is 14.5. The van der Waals surface area contributed by atoms with Crippen LogP contribution >= 0.6 is 34.5 Å². The molecule has 2 aliphatic heterocycles. The molecule has 0 bridgehead atoms. The second kappa shape index (κ2) is 12.0. The highest BCUT2D eigenvalue weighted by atomic mass is 35.5. The quantitative estimate of drug-likeness (QED) is 0.198. The first-order chi connectivity index (χ1) is 21.0. The summed E-state index contributed by atoms with van der Waals surface area (Å²) in [6.45, 7) is 2.94. The van der Waals surface area contributed by atoms with E-state index in [1.54, 1.807) is 23.4 Å². The summed E-state index contributed by atoms with van der Waals surface area (Å²) in [6, 6.07) is 9.48. The van der Waals surface area contributed by atoms with Crippen molar-refractivity contribution in [3.63, 3.8) is 0 Å². The van der Waals surface area contributed by atoms with E-state index >= 15 is 0 Å². The van der Waals surface area contributed by atoms with Crippen molar-refractivity contribution in [3.05, 3.63) is 81.4 Å². The molecule has 1 N–H and O–H groups in total. The average molecular weight is 639 g/mol. The van der Waals surface area contributed by atoms with Gasteiger partial charge in [0.05, 0.1) is 22.1 Å². The van der Waals surface area contributed by atoms with E-state index in [0.29, 0.717) is 44.2 Å². The summed E-state index contributed by atoms with van der Waals surface area (Å²) in [4.78, 5) is 24.8. The van der Waals surface area contributed by atoms with E-state index in [2.05, 4.69) is 49.0 Å². The number of carbonyl (C=O) groups is 1. The van der Waals surface area contributed by atoms with E-state index in [9.17, 15) is 9.18 Å². The topological polar surface area (TPSA) is 80.9 Å². The van der Waals surface area contributed by atoms with Gasteiger partial charge >= 0.3 is 0 Å². The van der Waals surface area contributed by atoms with Crippen molar-refractivity contribution in [1.82, 2.24) is 29.2 Å². The van der Waals surface area contributed by atoms with Crippen LogP contribution in [0.15, 0.2) is 54.4 Å². The minimum absolute atomic E-state index is 0.283. The number of thiazole rings is 1. The number of nitrogens with zero attached hydrogens (tertiary/aromatic N) is 6. The van der Waals surface area contributed by atoms with Crippen LogP contribution in [-0.4, -0.2) is 61.4 Å². The van der Waals surface area contributed by atoms with Crippen molar-refractivity contribution in [2.24, 2.45) is 0 Å². The third-order valence-corrected chi connectivity index (χ3v) is 10.00. The Bertz CT molecular complexity index is 1760. The number of aromatic nitrogens is 5. The molecule has 1 atom stereocenters. The Morgan fingerprint density at radius 2 is 1.95 bits per heavy atom. The molecule has 0 radical (unpaired) electrons. The maximum atomic E-state index is 13.7. The maximum absolute atomic E-state index is 13.7. The summed E-state index contributed by atoms with van der Waals surface area (Å²) in [5.41, 5.74) is 5.21. The number of imidazole rings is 1. The van der Waals surface area contributed by atoms with Gasteiger partial charge in [0.1, 0.15) is 12.2 Å². The number of fused-ring (bicyclic) bond motifs is 2. The number of amides is 1. The number of hydrogen-bond acceptors (Lipinski definition) is 6. The first-order valence-corrected chi connectivity index (χ1v) is 16.1. The van der Waals surface area contributed by atoms with Gasteiger partial charge in [-0.05, 0) is 61.9 Å². The SMILES string of the molecule is O=C(Nc1nccs1)C(c1ncn2c1CCC2)n1cc2c(Cl)cc(-c3ccc(C4CCN(CCF)CC4)cc3)c(Cl)c2n1. The van der Waals surface area contributed by atoms with Crippen molar-refractivity contribution >= 4 is 56.5 Å². The van der Waals surface area contributed by atoms with Gasteiger partial charge in [0.15, 0.2) is 11.2 Å². The summed E-state index contributed by atoms with van der Waals surface area (Å²) in [5.74, 6) is 0.175. The molecule has 1 unspecified atom stereocenters. The number of aryl methyl sites for hydroxylation is 1. The van der Waals surface area contributed by atoms with Gasteiger partial charge in [-0.25, -0.2) is 14.4 Å². The molecular formula is C31H30Cl2FN7OS. The molecule has 43 heavy (non-hydrogen) atoms. The van der Waals surface area contributed by atoms with Crippen LogP contribution in [0.5, 0.6) is 0 Å². The van der Waals surface area contributed by atoms with Crippen LogP contribution in [0.3, 0.4) is 0 Å². The van der Waals surface area contributed by atoms with Crippen molar-refractivity contribution in [3.8, 4) is 11.1 Å². The Morgan fingerprint density at radius 1 is 1.14 bits per heavy atom. The Balaban J connectivity index is 1.21. The van der Waals surface area contributed by atoms with Gasteiger partial charge < -0.3 is 9.47 Å². The second-order valence-electron chi connectivity index (χ2n) is 11.1. The number of hydrogen-bond donors (Lipinski definition) is 1. The van der Waals surface area contributed by atoms with Gasteiger partial charge in [-0.15, -0.1) is 11.3 Å². The van der Waals surface area contributed by atoms with Gasteiger partial charge in [0.25, 0.3) is 5.91 Å². The number of piperidine rings is 1. The van der Waals surface area contributed by atoms with E-state index in [0.717, 1.165) is 62.1 Å². The lowest BCUT2D eigenvalue weighted by Crippen LogP contribution is -2.34. The lowest BCUT2D eigenvalue weighted by molar-refractivity contribution is -0.118. The summed E-state index contributed by atoms with van der Waals surface area (Å²) < 4.78 is 16.4. The molecule has 0 spiro atoms. The second-order valence-corrected chi connectivity index (χ2v) is 12.8. The zero-order valence-corrected chi connectivity index (χ0v) is 25.7. The monoisotopic (exact) mass is 637 g/mol. The largest absolute Gasteiger partial charge is 0.334 e. The third kappa shape index (κ3) is 5.46. The normalized spacial score (nSPS) is 16.5. The maximum Gasteiger partial charge on any atom is 0.257 e. The van der Waals surface area contributed by atoms with E-state index < -0.39 is 6.04 Å². The fraction of sp³-hybridized carbons (Fsp3) is 0.355. The highest BCUT2D eigenvalue weighted by Crippen LogP contribution is 2.40. The third-order valence-electron chi connectivity index (χ3n) is 8.61. The first kappa shape index (κ1) is 28.5. The van der Waals surface area contributed by atoms with Crippen LogP contribution in [0.2, 0.25) is 10.0 Å². The summed E-state index contributed by atoms with van der Waals surface area (Å²) in [7, 11) is 0. The van der Waals surface area contributed by atoms with Gasteiger partial charge in [0, 0.05) is 47.5 Å². The van der Waals surface area contributed by atoms with E-state index in [-0.39, 0.29) is 12.6 Å². The Morgan fingerprint density at radius 3 is 2.70 bits per heavy atom. The number of carbonyl (C=O) groups excluding carboxylic acids is 1. The summed E-state index contributed by atoms with van der Waals surface area (Å²) >= 11 is 15.2. The molecule has 2 aliphatic rings. The number of anilines is 1. The molecule has 1 saturated heterocycles. The summed E-state index contributed by atoms with van der Waals surface area (Å²) in [6.07, 6.45) is 9.11. The van der Waals surface area contributed by atoms with E-state index in [1.165, 1.54) is 16.9 Å². The number of halogens is 3. The predicted octanol–water partition coefficient (Wildman–Crippen LogP) is 6.99. The lowest BCUT2D eigenvalue weighted by Gasteiger charge is -2.31. The number of alkyl halides is 1. The fourth-order valence-corrected chi connectivity index (χ4v) is 7.45. The van der Waals surface area contributed by atoms with Crippen LogP contribution in [0, 0.1) is 0 Å². The highest BCUT2D eigenvalue weighted by molar-refractivity contribution is 7.13. The highest BCUT2D eigenvalue weighted by Gasteiger charge is 2.32. The molecule has 8 nitrogen and oxygen atoms in total. The predicted molar refractivity (Wildman–Crippen MR) is 169 cm³/mol. The van der Waals surface area contributed by atoms with Crippen molar-refractivity contribution in [2.75, 3.05) is 31.6 Å². The molecule has 3 aromatic heterocycles. The Kier molecular flexibility index (Phi) is 7.94. The minimum Gasteiger partial charge on any atom is -0.334 e. The van der Waals surface area contributed by atoms with Crippen LogP contribution in [-0.2, 0) is 17.8 Å².